The Labute approximate surface area is 182 Å². The zero-order valence-corrected chi connectivity index (χ0v) is 17.4. The molecule has 5 rings (SSSR count). The van der Waals surface area contributed by atoms with Crippen molar-refractivity contribution in [2.24, 2.45) is 4.99 Å². The van der Waals surface area contributed by atoms with Gasteiger partial charge >= 0.3 is 0 Å². The fourth-order valence-electron chi connectivity index (χ4n) is 3.23. The van der Waals surface area contributed by atoms with Crippen molar-refractivity contribution in [2.45, 2.75) is 6.92 Å². The van der Waals surface area contributed by atoms with Gasteiger partial charge in [0, 0.05) is 0 Å². The van der Waals surface area contributed by atoms with Gasteiger partial charge in [0.15, 0.2) is 10.8 Å². The van der Waals surface area contributed by atoms with Crippen LogP contribution in [0.5, 0.6) is 5.75 Å². The first-order valence-electron chi connectivity index (χ1n) is 9.72. The van der Waals surface area contributed by atoms with Crippen molar-refractivity contribution in [1.29, 1.82) is 0 Å². The van der Waals surface area contributed by atoms with Gasteiger partial charge in [-0.05, 0) is 55.5 Å². The van der Waals surface area contributed by atoms with E-state index in [4.69, 9.17) is 21.9 Å². The van der Waals surface area contributed by atoms with E-state index in [0.717, 1.165) is 27.8 Å². The molecule has 0 atom stereocenters. The van der Waals surface area contributed by atoms with Crippen molar-refractivity contribution >= 4 is 50.8 Å². The number of hydrogen-bond donors (Lipinski definition) is 0. The van der Waals surface area contributed by atoms with Gasteiger partial charge in [-0.3, -0.25) is 0 Å². The first-order chi connectivity index (χ1) is 15.2. The van der Waals surface area contributed by atoms with Crippen LogP contribution in [0.25, 0.3) is 22.1 Å². The van der Waals surface area contributed by atoms with Crippen molar-refractivity contribution in [3.8, 4) is 5.75 Å². The van der Waals surface area contributed by atoms with E-state index >= 15 is 0 Å². The number of aliphatic imine (C=N–C) groups is 1. The number of aromatic nitrogens is 6. The minimum absolute atomic E-state index is 0.359. The summed E-state index contributed by atoms with van der Waals surface area (Å²) in [5, 5.41) is 17.0. The molecular formula is C22H17N7OS. The second kappa shape index (κ2) is 8.04. The lowest BCUT2D eigenvalue weighted by Gasteiger charge is -2.10. The topological polar surface area (TPSA) is 83.0 Å². The lowest BCUT2D eigenvalue weighted by molar-refractivity contribution is 0.340. The molecule has 0 fully saturated rings. The number of nitrogens with zero attached hydrogens (tertiary/aromatic N) is 7. The van der Waals surface area contributed by atoms with E-state index in [9.17, 15) is 0 Å². The largest absolute Gasteiger partial charge is 0.494 e. The molecule has 0 saturated carbocycles. The molecule has 0 aliphatic heterocycles. The van der Waals surface area contributed by atoms with Crippen LogP contribution < -0.4 is 4.74 Å². The maximum Gasteiger partial charge on any atom is 0.193 e. The highest BCUT2D eigenvalue weighted by Crippen LogP contribution is 2.20. The standard InChI is InChI=1S/C22H17N7OS/c1-2-30-16-13-11-15(12-14-16)23-21(28-19-9-5-3-7-17(19)24-26-28)22(31)29-20-10-6-4-8-18(20)25-27-29/h3-14H,2H2,1H3. The number of hydrogen-bond acceptors (Lipinski definition) is 7. The third kappa shape index (κ3) is 3.55. The second-order valence-electron chi connectivity index (χ2n) is 6.65. The van der Waals surface area contributed by atoms with E-state index in [0.29, 0.717) is 23.1 Å². The van der Waals surface area contributed by atoms with E-state index in [1.807, 2.05) is 79.7 Å². The van der Waals surface area contributed by atoms with Gasteiger partial charge in [-0.15, -0.1) is 10.2 Å². The SMILES string of the molecule is CCOc1ccc(N=C(C(=S)n2nnc3ccccc32)n2nnc3ccccc32)cc1. The maximum absolute atomic E-state index is 5.82. The van der Waals surface area contributed by atoms with Crippen molar-refractivity contribution in [2.75, 3.05) is 6.61 Å². The fraction of sp³-hybridized carbons (Fsp3) is 0.0909. The van der Waals surface area contributed by atoms with E-state index in [-0.39, 0.29) is 0 Å². The zero-order valence-electron chi connectivity index (χ0n) is 16.6. The summed E-state index contributed by atoms with van der Waals surface area (Å²) in [7, 11) is 0. The van der Waals surface area contributed by atoms with Crippen LogP contribution in [0.4, 0.5) is 5.69 Å². The van der Waals surface area contributed by atoms with E-state index in [1.165, 1.54) is 0 Å². The summed E-state index contributed by atoms with van der Waals surface area (Å²) in [6.07, 6.45) is 0. The van der Waals surface area contributed by atoms with Gasteiger partial charge in [0.25, 0.3) is 0 Å². The Morgan fingerprint density at radius 1 is 0.839 bits per heavy atom. The minimum Gasteiger partial charge on any atom is -0.494 e. The van der Waals surface area contributed by atoms with Crippen molar-refractivity contribution in [3.63, 3.8) is 0 Å². The van der Waals surface area contributed by atoms with Crippen LogP contribution in [0, 0.1) is 0 Å². The molecule has 2 aromatic heterocycles. The monoisotopic (exact) mass is 427 g/mol. The van der Waals surface area contributed by atoms with Gasteiger partial charge in [0.2, 0.25) is 0 Å². The molecule has 8 nitrogen and oxygen atoms in total. The van der Waals surface area contributed by atoms with Gasteiger partial charge < -0.3 is 4.74 Å². The Bertz CT molecular complexity index is 1420. The number of ether oxygens (including phenoxy) is 1. The summed E-state index contributed by atoms with van der Waals surface area (Å²) in [6.45, 7) is 2.54. The average molecular weight is 427 g/mol. The third-order valence-corrected chi connectivity index (χ3v) is 5.03. The molecule has 0 radical (unpaired) electrons. The van der Waals surface area contributed by atoms with Crippen LogP contribution in [-0.2, 0) is 0 Å². The summed E-state index contributed by atoms with van der Waals surface area (Å²) >= 11 is 5.82. The summed E-state index contributed by atoms with van der Waals surface area (Å²) < 4.78 is 8.75. The molecule has 0 N–H and O–H groups in total. The van der Waals surface area contributed by atoms with Crippen molar-refractivity contribution < 1.29 is 4.74 Å². The van der Waals surface area contributed by atoms with Crippen LogP contribution in [-0.4, -0.2) is 47.4 Å². The molecule has 0 spiro atoms. The number of thiocarbonyl (C=S) groups is 1. The average Bonchev–Trinajstić information content (AvgIpc) is 3.43. The van der Waals surface area contributed by atoms with Gasteiger partial charge in [-0.1, -0.05) is 46.9 Å². The predicted octanol–water partition coefficient (Wildman–Crippen LogP) is 4.03. The third-order valence-electron chi connectivity index (χ3n) is 4.67. The van der Waals surface area contributed by atoms with Gasteiger partial charge in [-0.2, -0.15) is 9.36 Å². The Kier molecular flexibility index (Phi) is 4.93. The van der Waals surface area contributed by atoms with Crippen molar-refractivity contribution in [1.82, 2.24) is 30.0 Å². The summed E-state index contributed by atoms with van der Waals surface area (Å²) in [6, 6.07) is 22.7. The van der Waals surface area contributed by atoms with Gasteiger partial charge in [-0.25, -0.2) is 4.99 Å². The molecule has 0 bridgehead atoms. The lowest BCUT2D eigenvalue weighted by Crippen LogP contribution is -2.29. The highest BCUT2D eigenvalue weighted by atomic mass is 32.1. The highest BCUT2D eigenvalue weighted by Gasteiger charge is 2.19. The predicted molar refractivity (Wildman–Crippen MR) is 123 cm³/mol. The lowest BCUT2D eigenvalue weighted by atomic mass is 10.3. The van der Waals surface area contributed by atoms with Gasteiger partial charge in [0.1, 0.15) is 16.8 Å². The number of rotatable bonds is 3. The summed E-state index contributed by atoms with van der Waals surface area (Å²) in [5.41, 5.74) is 3.77. The molecule has 0 saturated heterocycles. The zero-order chi connectivity index (χ0) is 21.2. The van der Waals surface area contributed by atoms with E-state index in [2.05, 4.69) is 20.6 Å². The fourth-order valence-corrected chi connectivity index (χ4v) is 3.50. The Morgan fingerprint density at radius 2 is 1.42 bits per heavy atom. The molecule has 9 heteroatoms. The van der Waals surface area contributed by atoms with Crippen molar-refractivity contribution in [3.05, 3.63) is 72.8 Å². The summed E-state index contributed by atoms with van der Waals surface area (Å²) in [5.74, 6) is 1.20. The van der Waals surface area contributed by atoms with Crippen LogP contribution in [0.2, 0.25) is 0 Å². The maximum atomic E-state index is 5.82. The molecule has 152 valence electrons. The molecular weight excluding hydrogens is 410 g/mol. The van der Waals surface area contributed by atoms with Crippen LogP contribution in [0.1, 0.15) is 6.92 Å². The van der Waals surface area contributed by atoms with Crippen LogP contribution >= 0.6 is 12.2 Å². The molecule has 5 aromatic rings. The normalized spacial score (nSPS) is 11.8. The van der Waals surface area contributed by atoms with Crippen LogP contribution in [0.3, 0.4) is 0 Å². The first-order valence-corrected chi connectivity index (χ1v) is 10.1. The molecule has 3 aromatic carbocycles. The molecule has 0 aliphatic carbocycles. The minimum atomic E-state index is 0.359. The number of benzene rings is 3. The quantitative estimate of drug-likeness (QED) is 0.246. The second-order valence-corrected chi connectivity index (χ2v) is 7.03. The number of para-hydroxylation sites is 2. The van der Waals surface area contributed by atoms with Gasteiger partial charge in [0.05, 0.1) is 23.3 Å². The van der Waals surface area contributed by atoms with E-state index < -0.39 is 0 Å². The Morgan fingerprint density at radius 3 is 2.06 bits per heavy atom. The first kappa shape index (κ1) is 19.0. The summed E-state index contributed by atoms with van der Waals surface area (Å²) in [4.78, 5) is 5.17. The molecule has 0 unspecified atom stereocenters. The Hall–Kier alpha value is -3.98. The number of fused-ring (bicyclic) bond motifs is 2. The van der Waals surface area contributed by atoms with E-state index in [1.54, 1.807) is 9.36 Å². The molecule has 0 aliphatic rings. The highest BCUT2D eigenvalue weighted by molar-refractivity contribution is 7.82. The molecule has 0 amide bonds. The smallest absolute Gasteiger partial charge is 0.193 e. The molecule has 31 heavy (non-hydrogen) atoms. The Balaban J connectivity index is 1.66. The molecule has 2 heterocycles. The van der Waals surface area contributed by atoms with Crippen LogP contribution in [0.15, 0.2) is 77.8 Å².